The molecule has 0 aliphatic rings. The van der Waals surface area contributed by atoms with Crippen LogP contribution in [0.3, 0.4) is 0 Å². The maximum absolute atomic E-state index is 11.9. The summed E-state index contributed by atoms with van der Waals surface area (Å²) in [5, 5.41) is 0.00157. The monoisotopic (exact) mass is 219 g/mol. The number of pyridine rings is 1. The van der Waals surface area contributed by atoms with E-state index in [4.69, 9.17) is 11.6 Å². The van der Waals surface area contributed by atoms with Crippen LogP contribution in [0, 0.1) is 0 Å². The van der Waals surface area contributed by atoms with Gasteiger partial charge >= 0.3 is 58.4 Å². The topological polar surface area (TPSA) is 12.9 Å². The third-order valence-electron chi connectivity index (χ3n) is 1.10. The van der Waals surface area contributed by atoms with Crippen LogP contribution in [-0.2, 0) is 0 Å². The van der Waals surface area contributed by atoms with Crippen molar-refractivity contribution in [3.63, 3.8) is 0 Å². The van der Waals surface area contributed by atoms with Gasteiger partial charge in [0.25, 0.3) is 0 Å². The van der Waals surface area contributed by atoms with E-state index in [2.05, 4.69) is 4.98 Å². The zero-order valence-electron chi connectivity index (χ0n) is 6.27. The average molecular weight is 219 g/mol. The van der Waals surface area contributed by atoms with Gasteiger partial charge in [-0.05, 0) is 0 Å². The molecule has 0 aliphatic heterocycles. The molecule has 7 heteroatoms. The Morgan fingerprint density at radius 3 is 2.17 bits per heavy atom. The molecule has 0 N–H and O–H groups in total. The molecule has 0 spiro atoms. The predicted molar refractivity (Wildman–Crippen MR) is 38.0 cm³/mol. The predicted octanol–water partition coefficient (Wildman–Crippen LogP) is -1.21. The van der Waals surface area contributed by atoms with E-state index in [1.165, 1.54) is 0 Å². The second kappa shape index (κ2) is 4.97. The Labute approximate surface area is 115 Å². The molecule has 0 amide bonds. The molecule has 0 atom stereocenters. The Balaban J connectivity index is 0.00000121. The van der Waals surface area contributed by atoms with Crippen LogP contribution in [0.2, 0.25) is 5.02 Å². The summed E-state index contributed by atoms with van der Waals surface area (Å²) < 4.78 is 35.8. The van der Waals surface area contributed by atoms with Gasteiger partial charge < -0.3 is 12.9 Å². The van der Waals surface area contributed by atoms with Crippen LogP contribution in [0.25, 0.3) is 0 Å². The van der Waals surface area contributed by atoms with Crippen molar-refractivity contribution in [2.75, 3.05) is 0 Å². The summed E-state index contributed by atoms with van der Waals surface area (Å²) in [5.41, 5.74) is -0.766. The molecule has 0 saturated heterocycles. The first kappa shape index (κ1) is 12.9. The second-order valence-corrected chi connectivity index (χ2v) is 2.45. The third-order valence-corrected chi connectivity index (χ3v) is 1.31. The maximum atomic E-state index is 11.9. The molecule has 12 heavy (non-hydrogen) atoms. The minimum absolute atomic E-state index is 0. The van der Waals surface area contributed by atoms with Crippen molar-refractivity contribution in [3.05, 3.63) is 23.5 Å². The summed E-state index contributed by atoms with van der Waals surface area (Å²) in [6.07, 6.45) is 1.92. The molecular formula is C5H3BClF3KN. The number of nitrogens with zero attached hydrogens (tertiary/aromatic N) is 1. The van der Waals surface area contributed by atoms with Crippen molar-refractivity contribution in [1.29, 1.82) is 0 Å². The van der Waals surface area contributed by atoms with Gasteiger partial charge in [0, 0.05) is 12.4 Å². The maximum Gasteiger partial charge on any atom is 1.00 e. The second-order valence-electron chi connectivity index (χ2n) is 2.01. The van der Waals surface area contributed by atoms with Gasteiger partial charge in [-0.1, -0.05) is 23.1 Å². The van der Waals surface area contributed by atoms with E-state index >= 15 is 0 Å². The largest absolute Gasteiger partial charge is 1.00 e. The first-order valence-electron chi connectivity index (χ1n) is 2.80. The van der Waals surface area contributed by atoms with Gasteiger partial charge in [-0.15, -0.1) is 0 Å². The van der Waals surface area contributed by atoms with Gasteiger partial charge in [0.1, 0.15) is 0 Å². The van der Waals surface area contributed by atoms with E-state index < -0.39 is 12.4 Å². The van der Waals surface area contributed by atoms with Crippen molar-refractivity contribution < 1.29 is 64.3 Å². The van der Waals surface area contributed by atoms with Crippen LogP contribution in [0.4, 0.5) is 12.9 Å². The normalized spacial score (nSPS) is 10.7. The van der Waals surface area contributed by atoms with Crippen LogP contribution < -0.4 is 56.8 Å². The molecule has 60 valence electrons. The van der Waals surface area contributed by atoms with Crippen LogP contribution in [0.1, 0.15) is 0 Å². The molecule has 1 heterocycles. The Kier molecular flexibility index (Phi) is 5.36. The standard InChI is InChI=1S/C5H3BClF3N.K/c7-5-1-4(2-11-3-5)6(8,9)10;/h1-3H;/q-1;+1. The smallest absolute Gasteiger partial charge is 0.445 e. The van der Waals surface area contributed by atoms with Crippen LogP contribution in [0.15, 0.2) is 18.5 Å². The molecular weight excluding hydrogens is 216 g/mol. The SMILES string of the molecule is F[B-](F)(F)c1cncc(Cl)c1.[K+]. The van der Waals surface area contributed by atoms with Crippen molar-refractivity contribution in [2.24, 2.45) is 0 Å². The zero-order valence-corrected chi connectivity index (χ0v) is 10.1. The fraction of sp³-hybridized carbons (Fsp3) is 0. The number of aromatic nitrogens is 1. The summed E-state index contributed by atoms with van der Waals surface area (Å²) in [6, 6.07) is 0.856. The fourth-order valence-corrected chi connectivity index (χ4v) is 0.790. The van der Waals surface area contributed by atoms with Gasteiger partial charge in [-0.25, -0.2) is 0 Å². The number of hydrogen-bond donors (Lipinski definition) is 0. The molecule has 0 saturated carbocycles. The first-order valence-corrected chi connectivity index (χ1v) is 3.18. The van der Waals surface area contributed by atoms with Crippen molar-refractivity contribution in [1.82, 2.24) is 4.98 Å². The summed E-state index contributed by atoms with van der Waals surface area (Å²) in [6.45, 7) is -4.97. The molecule has 0 fully saturated rings. The van der Waals surface area contributed by atoms with Gasteiger partial charge in [0.15, 0.2) is 0 Å². The van der Waals surface area contributed by atoms with E-state index in [-0.39, 0.29) is 56.4 Å². The molecule has 0 radical (unpaired) electrons. The quantitative estimate of drug-likeness (QED) is 0.541. The van der Waals surface area contributed by atoms with Crippen molar-refractivity contribution >= 4 is 24.0 Å². The Bertz CT molecular complexity index is 267. The van der Waals surface area contributed by atoms with E-state index in [0.29, 0.717) is 0 Å². The molecule has 1 nitrogen and oxygen atoms in total. The van der Waals surface area contributed by atoms with E-state index in [1.54, 1.807) is 0 Å². The van der Waals surface area contributed by atoms with Gasteiger partial charge in [0.2, 0.25) is 0 Å². The fourth-order valence-electron chi connectivity index (χ4n) is 0.607. The van der Waals surface area contributed by atoms with E-state index in [1.807, 2.05) is 0 Å². The Morgan fingerprint density at radius 2 is 1.83 bits per heavy atom. The number of halogens is 4. The Morgan fingerprint density at radius 1 is 1.25 bits per heavy atom. The minimum atomic E-state index is -4.97. The molecule has 1 aromatic heterocycles. The minimum Gasteiger partial charge on any atom is -0.445 e. The first-order chi connectivity index (χ1) is 5.00. The third kappa shape index (κ3) is 3.76. The number of hydrogen-bond acceptors (Lipinski definition) is 1. The molecule has 0 bridgehead atoms. The average Bonchev–Trinajstić information content (AvgIpc) is 1.86. The molecule has 0 unspecified atom stereocenters. The summed E-state index contributed by atoms with van der Waals surface area (Å²) in [4.78, 5) is 3.31. The van der Waals surface area contributed by atoms with Crippen molar-refractivity contribution in [2.45, 2.75) is 0 Å². The summed E-state index contributed by atoms with van der Waals surface area (Å²) >= 11 is 5.30. The van der Waals surface area contributed by atoms with Gasteiger partial charge in [-0.2, -0.15) is 0 Å². The number of rotatable bonds is 1. The van der Waals surface area contributed by atoms with E-state index in [0.717, 1.165) is 18.5 Å². The van der Waals surface area contributed by atoms with Crippen molar-refractivity contribution in [3.8, 4) is 0 Å². The summed E-state index contributed by atoms with van der Waals surface area (Å²) in [7, 11) is 0. The van der Waals surface area contributed by atoms with Crippen LogP contribution in [0.5, 0.6) is 0 Å². The Hall–Kier alpha value is 0.931. The van der Waals surface area contributed by atoms with Gasteiger partial charge in [0.05, 0.1) is 5.02 Å². The zero-order chi connectivity index (χ0) is 8.48. The summed E-state index contributed by atoms with van der Waals surface area (Å²) in [5.74, 6) is 0. The molecule has 0 aliphatic carbocycles. The van der Waals surface area contributed by atoms with Crippen LogP contribution in [-0.4, -0.2) is 12.0 Å². The van der Waals surface area contributed by atoms with Gasteiger partial charge in [-0.3, -0.25) is 4.98 Å². The molecule has 1 rings (SSSR count). The molecule has 0 aromatic carbocycles. The van der Waals surface area contributed by atoms with Crippen LogP contribution >= 0.6 is 11.6 Å². The van der Waals surface area contributed by atoms with E-state index in [9.17, 15) is 12.9 Å². The molecule has 1 aromatic rings.